The van der Waals surface area contributed by atoms with Crippen molar-refractivity contribution in [1.82, 2.24) is 35.1 Å². The fraction of sp³-hybridized carbons (Fsp3) is 0.400. The minimum Gasteiger partial charge on any atom is -0.507 e. The number of piperidine rings is 1. The Balaban J connectivity index is 1.48. The Morgan fingerprint density at radius 3 is 2.35 bits per heavy atom. The standard InChI is InChI=1S/C25H29N7O2/c1-24(2)13-17(14-25(3,4)29-24)32-23-20(27-30-32)12-19(26-28-23)18-7-6-15(10-21(18)33)16-8-9-31(5)22(34)11-16/h6-12,17,29,33H,13-14H2,1-5H3. The second-order valence-electron chi connectivity index (χ2n) is 10.5. The predicted octanol–water partition coefficient (Wildman–Crippen LogP) is 3.44. The zero-order chi connectivity index (χ0) is 24.3. The van der Waals surface area contributed by atoms with Crippen molar-refractivity contribution >= 4 is 11.2 Å². The van der Waals surface area contributed by atoms with E-state index >= 15 is 0 Å². The average Bonchev–Trinajstić information content (AvgIpc) is 3.17. The lowest BCUT2D eigenvalue weighted by atomic mass is 9.80. The van der Waals surface area contributed by atoms with Crippen LogP contribution in [0.3, 0.4) is 0 Å². The van der Waals surface area contributed by atoms with Gasteiger partial charge in [-0.05, 0) is 75.9 Å². The van der Waals surface area contributed by atoms with Crippen molar-refractivity contribution in [3.63, 3.8) is 0 Å². The molecule has 0 unspecified atom stereocenters. The maximum Gasteiger partial charge on any atom is 0.250 e. The van der Waals surface area contributed by atoms with Crippen molar-refractivity contribution in [2.75, 3.05) is 0 Å². The normalized spacial score (nSPS) is 17.8. The lowest BCUT2D eigenvalue weighted by Crippen LogP contribution is -2.58. The van der Waals surface area contributed by atoms with Gasteiger partial charge in [0.05, 0.1) is 11.7 Å². The Morgan fingerprint density at radius 1 is 0.971 bits per heavy atom. The highest BCUT2D eigenvalue weighted by Crippen LogP contribution is 2.37. The molecular formula is C25H29N7O2. The molecule has 1 aliphatic rings. The summed E-state index contributed by atoms with van der Waals surface area (Å²) in [7, 11) is 1.70. The molecule has 1 aliphatic heterocycles. The summed E-state index contributed by atoms with van der Waals surface area (Å²) in [6, 6.07) is 10.6. The fourth-order valence-electron chi connectivity index (χ4n) is 5.23. The van der Waals surface area contributed by atoms with Crippen molar-refractivity contribution in [1.29, 1.82) is 0 Å². The largest absolute Gasteiger partial charge is 0.507 e. The third kappa shape index (κ3) is 4.07. The van der Waals surface area contributed by atoms with Crippen molar-refractivity contribution in [2.45, 2.75) is 57.7 Å². The molecule has 176 valence electrons. The molecule has 2 N–H and O–H groups in total. The number of rotatable bonds is 3. The average molecular weight is 460 g/mol. The third-order valence-electron chi connectivity index (χ3n) is 6.45. The van der Waals surface area contributed by atoms with Gasteiger partial charge in [-0.2, -0.15) is 0 Å². The van der Waals surface area contributed by atoms with Crippen LogP contribution in [0.25, 0.3) is 33.5 Å². The topological polar surface area (TPSA) is 111 Å². The van der Waals surface area contributed by atoms with Crippen LogP contribution < -0.4 is 10.9 Å². The van der Waals surface area contributed by atoms with Gasteiger partial charge < -0.3 is 15.0 Å². The summed E-state index contributed by atoms with van der Waals surface area (Å²) in [5.74, 6) is 0.0565. The molecule has 4 heterocycles. The van der Waals surface area contributed by atoms with Gasteiger partial charge in [-0.1, -0.05) is 11.3 Å². The van der Waals surface area contributed by atoms with E-state index in [0.29, 0.717) is 22.4 Å². The number of hydrogen-bond donors (Lipinski definition) is 2. The molecule has 0 amide bonds. The van der Waals surface area contributed by atoms with Gasteiger partial charge in [0.25, 0.3) is 5.56 Å². The van der Waals surface area contributed by atoms with Gasteiger partial charge in [-0.15, -0.1) is 15.3 Å². The summed E-state index contributed by atoms with van der Waals surface area (Å²) in [5.41, 5.74) is 3.63. The second kappa shape index (κ2) is 7.73. The van der Waals surface area contributed by atoms with Gasteiger partial charge in [0, 0.05) is 36.0 Å². The number of hydrogen-bond acceptors (Lipinski definition) is 7. The van der Waals surface area contributed by atoms with E-state index in [1.54, 1.807) is 37.5 Å². The molecule has 1 fully saturated rings. The summed E-state index contributed by atoms with van der Waals surface area (Å²) in [6.07, 6.45) is 3.52. The number of nitrogens with one attached hydrogen (secondary N) is 1. The van der Waals surface area contributed by atoms with E-state index in [4.69, 9.17) is 0 Å². The van der Waals surface area contributed by atoms with Gasteiger partial charge in [-0.25, -0.2) is 4.68 Å². The van der Waals surface area contributed by atoms with Crippen LogP contribution in [-0.4, -0.2) is 45.9 Å². The summed E-state index contributed by atoms with van der Waals surface area (Å²) in [4.78, 5) is 12.0. The Morgan fingerprint density at radius 2 is 1.68 bits per heavy atom. The number of aromatic hydroxyl groups is 1. The summed E-state index contributed by atoms with van der Waals surface area (Å²) in [6.45, 7) is 8.79. The van der Waals surface area contributed by atoms with Crippen LogP contribution in [0, 0.1) is 0 Å². The van der Waals surface area contributed by atoms with Crippen molar-refractivity contribution in [3.8, 4) is 28.1 Å². The molecule has 0 bridgehead atoms. The highest BCUT2D eigenvalue weighted by Gasteiger charge is 2.39. The van der Waals surface area contributed by atoms with Gasteiger partial charge in [0.15, 0.2) is 0 Å². The van der Waals surface area contributed by atoms with Crippen LogP contribution in [0.4, 0.5) is 0 Å². The Hall–Kier alpha value is -3.59. The van der Waals surface area contributed by atoms with Crippen LogP contribution in [0.1, 0.15) is 46.6 Å². The molecular weight excluding hydrogens is 430 g/mol. The number of benzene rings is 1. The minimum atomic E-state index is -0.110. The Labute approximate surface area is 197 Å². The Kier molecular flexibility index (Phi) is 5.05. The van der Waals surface area contributed by atoms with Crippen LogP contribution in [0.2, 0.25) is 0 Å². The zero-order valence-corrected chi connectivity index (χ0v) is 20.1. The molecule has 1 saturated heterocycles. The number of nitrogens with zero attached hydrogens (tertiary/aromatic N) is 6. The lowest BCUT2D eigenvalue weighted by molar-refractivity contribution is 0.127. The smallest absolute Gasteiger partial charge is 0.250 e. The first-order chi connectivity index (χ1) is 16.0. The monoisotopic (exact) mass is 459 g/mol. The summed E-state index contributed by atoms with van der Waals surface area (Å²) >= 11 is 0. The van der Waals surface area contributed by atoms with Crippen LogP contribution in [-0.2, 0) is 7.05 Å². The molecule has 0 atom stereocenters. The van der Waals surface area contributed by atoms with Crippen LogP contribution in [0.15, 0.2) is 47.4 Å². The highest BCUT2D eigenvalue weighted by atomic mass is 16.3. The maximum atomic E-state index is 12.0. The van der Waals surface area contributed by atoms with Crippen molar-refractivity contribution < 1.29 is 5.11 Å². The number of fused-ring (bicyclic) bond motifs is 1. The molecule has 4 aromatic rings. The predicted molar refractivity (Wildman–Crippen MR) is 130 cm³/mol. The molecule has 0 spiro atoms. The third-order valence-corrected chi connectivity index (χ3v) is 6.45. The molecule has 5 rings (SSSR count). The molecule has 3 aromatic heterocycles. The molecule has 9 nitrogen and oxygen atoms in total. The number of phenolic OH excluding ortho intramolecular Hbond substituents is 1. The first-order valence-electron chi connectivity index (χ1n) is 11.4. The van der Waals surface area contributed by atoms with E-state index in [-0.39, 0.29) is 28.4 Å². The van der Waals surface area contributed by atoms with Crippen LogP contribution >= 0.6 is 0 Å². The number of aromatic nitrogens is 6. The van der Waals surface area contributed by atoms with Crippen LogP contribution in [0.5, 0.6) is 5.75 Å². The van der Waals surface area contributed by atoms with E-state index in [1.807, 2.05) is 16.8 Å². The first-order valence-corrected chi connectivity index (χ1v) is 11.4. The minimum absolute atomic E-state index is 0.0331. The van der Waals surface area contributed by atoms with Crippen molar-refractivity contribution in [3.05, 3.63) is 52.9 Å². The van der Waals surface area contributed by atoms with Gasteiger partial charge in [0.2, 0.25) is 5.65 Å². The molecule has 0 radical (unpaired) electrons. The number of phenols is 1. The highest BCUT2D eigenvalue weighted by molar-refractivity contribution is 5.79. The van der Waals surface area contributed by atoms with E-state index in [0.717, 1.165) is 24.0 Å². The molecule has 0 aliphatic carbocycles. The number of pyridine rings is 1. The Bertz CT molecular complexity index is 1440. The van der Waals surface area contributed by atoms with Crippen molar-refractivity contribution in [2.24, 2.45) is 7.05 Å². The van der Waals surface area contributed by atoms with E-state index in [2.05, 4.69) is 53.5 Å². The molecule has 9 heteroatoms. The second-order valence-corrected chi connectivity index (χ2v) is 10.5. The van der Waals surface area contributed by atoms with Gasteiger partial charge >= 0.3 is 0 Å². The maximum absolute atomic E-state index is 12.0. The van der Waals surface area contributed by atoms with Gasteiger partial charge in [0.1, 0.15) is 11.3 Å². The number of aryl methyl sites for hydroxylation is 1. The summed E-state index contributed by atoms with van der Waals surface area (Å²) < 4.78 is 3.39. The lowest BCUT2D eigenvalue weighted by Gasteiger charge is -2.46. The van der Waals surface area contributed by atoms with E-state index in [1.165, 1.54) is 4.57 Å². The van der Waals surface area contributed by atoms with E-state index in [9.17, 15) is 9.90 Å². The molecule has 1 aromatic carbocycles. The zero-order valence-electron chi connectivity index (χ0n) is 20.1. The SMILES string of the molecule is Cn1ccc(-c2ccc(-c3cc4nnn(C5CC(C)(C)NC(C)(C)C5)c4nn3)c(O)c2)cc1=O. The molecule has 0 saturated carbocycles. The van der Waals surface area contributed by atoms with Gasteiger partial charge in [-0.3, -0.25) is 4.79 Å². The molecule has 34 heavy (non-hydrogen) atoms. The summed E-state index contributed by atoms with van der Waals surface area (Å²) in [5, 5.41) is 32.0. The quantitative estimate of drug-likeness (QED) is 0.483. The van der Waals surface area contributed by atoms with E-state index < -0.39 is 0 Å². The fourth-order valence-corrected chi connectivity index (χ4v) is 5.23. The first kappa shape index (κ1) is 22.2.